The highest BCUT2D eigenvalue weighted by molar-refractivity contribution is 6.15. The second-order valence-electron chi connectivity index (χ2n) is 5.73. The van der Waals surface area contributed by atoms with Crippen LogP contribution in [0.15, 0.2) is 42.2 Å². The Bertz CT molecular complexity index is 880. The Kier molecular flexibility index (Phi) is 4.57. The summed E-state index contributed by atoms with van der Waals surface area (Å²) in [5, 5.41) is 0. The van der Waals surface area contributed by atoms with Gasteiger partial charge in [0.15, 0.2) is 12.4 Å². The van der Waals surface area contributed by atoms with E-state index in [0.29, 0.717) is 22.6 Å². The van der Waals surface area contributed by atoms with Crippen LogP contribution < -0.4 is 9.47 Å². The lowest BCUT2D eigenvalue weighted by molar-refractivity contribution is -0.142. The molecule has 0 bridgehead atoms. The molecule has 5 nitrogen and oxygen atoms in total. The maximum absolute atomic E-state index is 12.6. The minimum absolute atomic E-state index is 0.166. The van der Waals surface area contributed by atoms with Gasteiger partial charge in [-0.3, -0.25) is 4.79 Å². The van der Waals surface area contributed by atoms with Gasteiger partial charge in [0.2, 0.25) is 5.78 Å². The number of benzene rings is 2. The lowest BCUT2D eigenvalue weighted by Crippen LogP contribution is -2.13. The predicted octanol–water partition coefficient (Wildman–Crippen LogP) is 3.47. The number of Topliss-reactive ketones (excluding diaryl/α,β-unsaturated/α-hetero) is 1. The zero-order valence-electron chi connectivity index (χ0n) is 14.3. The van der Waals surface area contributed by atoms with Crippen LogP contribution in [0.3, 0.4) is 0 Å². The number of hydrogen-bond donors (Lipinski definition) is 0. The topological polar surface area (TPSA) is 61.8 Å². The van der Waals surface area contributed by atoms with Gasteiger partial charge in [-0.1, -0.05) is 24.3 Å². The van der Waals surface area contributed by atoms with Gasteiger partial charge in [-0.2, -0.15) is 0 Å². The van der Waals surface area contributed by atoms with E-state index >= 15 is 0 Å². The first kappa shape index (κ1) is 16.8. The van der Waals surface area contributed by atoms with Gasteiger partial charge in [-0.05, 0) is 43.2 Å². The Hall–Kier alpha value is -3.08. The SMILES string of the molecule is COC(=O)COc1ccc2c(c1C)O/C(=C\c1ccccc1C)C2=O. The molecule has 5 heteroatoms. The van der Waals surface area contributed by atoms with Gasteiger partial charge in [-0.25, -0.2) is 4.79 Å². The fourth-order valence-corrected chi connectivity index (χ4v) is 2.61. The molecule has 1 heterocycles. The van der Waals surface area contributed by atoms with Gasteiger partial charge in [0.05, 0.1) is 12.7 Å². The first-order chi connectivity index (χ1) is 12.0. The summed E-state index contributed by atoms with van der Waals surface area (Å²) in [6.07, 6.45) is 1.74. The molecule has 0 aliphatic carbocycles. The fourth-order valence-electron chi connectivity index (χ4n) is 2.61. The van der Waals surface area contributed by atoms with E-state index in [1.54, 1.807) is 25.1 Å². The van der Waals surface area contributed by atoms with Crippen LogP contribution in [-0.4, -0.2) is 25.5 Å². The number of rotatable bonds is 4. The first-order valence-corrected chi connectivity index (χ1v) is 7.84. The third-order valence-electron chi connectivity index (χ3n) is 4.08. The Balaban J connectivity index is 1.90. The number of aryl methyl sites for hydroxylation is 1. The molecule has 128 valence electrons. The molecule has 0 spiro atoms. The molecule has 0 amide bonds. The van der Waals surface area contributed by atoms with Crippen molar-refractivity contribution in [2.24, 2.45) is 0 Å². The first-order valence-electron chi connectivity index (χ1n) is 7.84. The van der Waals surface area contributed by atoms with Crippen LogP contribution >= 0.6 is 0 Å². The number of fused-ring (bicyclic) bond motifs is 1. The molecule has 2 aromatic rings. The monoisotopic (exact) mass is 338 g/mol. The summed E-state index contributed by atoms with van der Waals surface area (Å²) in [5.41, 5.74) is 3.14. The highest BCUT2D eigenvalue weighted by atomic mass is 16.6. The van der Waals surface area contributed by atoms with Crippen LogP contribution in [0.4, 0.5) is 0 Å². The minimum atomic E-state index is -0.475. The second-order valence-corrected chi connectivity index (χ2v) is 5.73. The number of allylic oxidation sites excluding steroid dienone is 1. The Morgan fingerprint density at radius 3 is 2.64 bits per heavy atom. The van der Waals surface area contributed by atoms with E-state index in [4.69, 9.17) is 9.47 Å². The van der Waals surface area contributed by atoms with Crippen molar-refractivity contribution >= 4 is 17.8 Å². The highest BCUT2D eigenvalue weighted by Gasteiger charge is 2.30. The average Bonchev–Trinajstić information content (AvgIpc) is 2.93. The average molecular weight is 338 g/mol. The van der Waals surface area contributed by atoms with Crippen molar-refractivity contribution in [3.8, 4) is 11.5 Å². The predicted molar refractivity (Wildman–Crippen MR) is 92.8 cm³/mol. The quantitative estimate of drug-likeness (QED) is 0.631. The molecule has 1 aliphatic rings. The van der Waals surface area contributed by atoms with Gasteiger partial charge in [-0.15, -0.1) is 0 Å². The van der Waals surface area contributed by atoms with Gasteiger partial charge in [0.1, 0.15) is 11.5 Å². The Morgan fingerprint density at radius 2 is 1.92 bits per heavy atom. The molecule has 3 rings (SSSR count). The van der Waals surface area contributed by atoms with Crippen molar-refractivity contribution in [3.63, 3.8) is 0 Å². The molecule has 0 aromatic heterocycles. The molecule has 0 saturated heterocycles. The molecule has 0 radical (unpaired) electrons. The summed E-state index contributed by atoms with van der Waals surface area (Å²) in [6, 6.07) is 11.1. The normalized spacial score (nSPS) is 14.2. The van der Waals surface area contributed by atoms with Crippen LogP contribution in [0.1, 0.15) is 27.0 Å². The molecular formula is C20H18O5. The molecule has 0 N–H and O–H groups in total. The number of esters is 1. The molecule has 1 aliphatic heterocycles. The molecule has 0 fully saturated rings. The van der Waals surface area contributed by atoms with Crippen molar-refractivity contribution in [1.29, 1.82) is 0 Å². The van der Waals surface area contributed by atoms with Crippen LogP contribution in [0.5, 0.6) is 11.5 Å². The summed E-state index contributed by atoms with van der Waals surface area (Å²) in [4.78, 5) is 23.8. The molecule has 0 atom stereocenters. The van der Waals surface area contributed by atoms with Crippen molar-refractivity contribution in [2.75, 3.05) is 13.7 Å². The maximum atomic E-state index is 12.6. The highest BCUT2D eigenvalue weighted by Crippen LogP contribution is 2.39. The van der Waals surface area contributed by atoms with E-state index in [0.717, 1.165) is 11.1 Å². The molecule has 0 saturated carbocycles. The number of carbonyl (C=O) groups excluding carboxylic acids is 2. The van der Waals surface area contributed by atoms with E-state index in [-0.39, 0.29) is 18.1 Å². The van der Waals surface area contributed by atoms with Gasteiger partial charge < -0.3 is 14.2 Å². The largest absolute Gasteiger partial charge is 0.481 e. The number of methoxy groups -OCH3 is 1. The number of ketones is 1. The Labute approximate surface area is 145 Å². The molecule has 0 unspecified atom stereocenters. The van der Waals surface area contributed by atoms with E-state index in [1.165, 1.54) is 7.11 Å². The van der Waals surface area contributed by atoms with Crippen LogP contribution in [-0.2, 0) is 9.53 Å². The van der Waals surface area contributed by atoms with E-state index in [1.807, 2.05) is 31.2 Å². The maximum Gasteiger partial charge on any atom is 0.343 e. The van der Waals surface area contributed by atoms with Gasteiger partial charge in [0.25, 0.3) is 0 Å². The van der Waals surface area contributed by atoms with Crippen LogP contribution in [0, 0.1) is 13.8 Å². The van der Waals surface area contributed by atoms with Crippen molar-refractivity contribution < 1.29 is 23.8 Å². The van der Waals surface area contributed by atoms with Gasteiger partial charge >= 0.3 is 5.97 Å². The van der Waals surface area contributed by atoms with Crippen LogP contribution in [0.25, 0.3) is 6.08 Å². The summed E-state index contributed by atoms with van der Waals surface area (Å²) < 4.78 is 15.8. The minimum Gasteiger partial charge on any atom is -0.481 e. The van der Waals surface area contributed by atoms with Crippen LogP contribution in [0.2, 0.25) is 0 Å². The smallest absolute Gasteiger partial charge is 0.343 e. The number of carbonyl (C=O) groups is 2. The van der Waals surface area contributed by atoms with E-state index in [9.17, 15) is 9.59 Å². The van der Waals surface area contributed by atoms with E-state index in [2.05, 4.69) is 4.74 Å². The molecule has 25 heavy (non-hydrogen) atoms. The third kappa shape index (κ3) is 3.26. The summed E-state index contributed by atoms with van der Waals surface area (Å²) in [7, 11) is 1.30. The zero-order chi connectivity index (χ0) is 18.0. The number of ether oxygens (including phenoxy) is 3. The summed E-state index contributed by atoms with van der Waals surface area (Å²) in [5.74, 6) is 0.580. The molecule has 2 aromatic carbocycles. The third-order valence-corrected chi connectivity index (χ3v) is 4.08. The lowest BCUT2D eigenvalue weighted by atomic mass is 10.0. The van der Waals surface area contributed by atoms with Crippen molar-refractivity contribution in [2.45, 2.75) is 13.8 Å². The summed E-state index contributed by atoms with van der Waals surface area (Å²) in [6.45, 7) is 3.56. The van der Waals surface area contributed by atoms with Gasteiger partial charge in [0, 0.05) is 5.56 Å². The standard InChI is InChI=1S/C20H18O5/c1-12-6-4-5-7-14(12)10-17-19(22)15-8-9-16(13(2)20(15)25-17)24-11-18(21)23-3/h4-10H,11H2,1-3H3/b17-10-. The fraction of sp³-hybridized carbons (Fsp3) is 0.200. The summed E-state index contributed by atoms with van der Waals surface area (Å²) >= 11 is 0. The van der Waals surface area contributed by atoms with E-state index < -0.39 is 5.97 Å². The lowest BCUT2D eigenvalue weighted by Gasteiger charge is -2.10. The number of hydrogen-bond acceptors (Lipinski definition) is 5. The van der Waals surface area contributed by atoms with Crippen molar-refractivity contribution in [1.82, 2.24) is 0 Å². The zero-order valence-corrected chi connectivity index (χ0v) is 14.3. The second kappa shape index (κ2) is 6.81. The van der Waals surface area contributed by atoms with Crippen molar-refractivity contribution in [3.05, 3.63) is 64.4 Å². The Morgan fingerprint density at radius 1 is 1.16 bits per heavy atom. The molecular weight excluding hydrogens is 320 g/mol.